The smallest absolute Gasteiger partial charge is 0.205 e. The summed E-state index contributed by atoms with van der Waals surface area (Å²) in [5.41, 5.74) is -1.17. The zero-order valence-corrected chi connectivity index (χ0v) is 7.51. The lowest BCUT2D eigenvalue weighted by Crippen LogP contribution is -1.99. The molecule has 0 spiro atoms. The van der Waals surface area contributed by atoms with Gasteiger partial charge in [-0.3, -0.25) is 0 Å². The number of halogens is 6. The van der Waals surface area contributed by atoms with Gasteiger partial charge in [0, 0.05) is 4.47 Å². The van der Waals surface area contributed by atoms with Crippen LogP contribution in [-0.2, 0) is 0 Å². The molecule has 1 aromatic carbocycles. The molecule has 0 saturated heterocycles. The molecule has 0 nitrogen and oxygen atoms in total. The molecule has 72 valence electrons. The Kier molecular flexibility index (Phi) is 2.90. The average Bonchev–Trinajstić information content (AvgIpc) is 1.99. The van der Waals surface area contributed by atoms with E-state index in [2.05, 4.69) is 15.9 Å². The van der Waals surface area contributed by atoms with Crippen LogP contribution in [0.1, 0.15) is 12.0 Å². The summed E-state index contributed by atoms with van der Waals surface area (Å²) in [4.78, 5) is 0. The molecule has 0 bridgehead atoms. The normalized spacial score (nSPS) is 11.0. The Bertz CT molecular complexity index is 336. The number of hydrogen-bond donors (Lipinski definition) is 0. The second-order valence-electron chi connectivity index (χ2n) is 2.18. The molecule has 0 aromatic heterocycles. The molecule has 13 heavy (non-hydrogen) atoms. The highest BCUT2D eigenvalue weighted by Crippen LogP contribution is 2.32. The van der Waals surface area contributed by atoms with E-state index in [-0.39, 0.29) is 0 Å². The Hall–Kier alpha value is -0.650. The Balaban J connectivity index is 3.44. The second kappa shape index (κ2) is 3.61. The van der Waals surface area contributed by atoms with Gasteiger partial charge < -0.3 is 0 Å². The number of hydrogen-bond acceptors (Lipinski definition) is 0. The summed E-state index contributed by atoms with van der Waals surface area (Å²) in [5.74, 6) is -5.26. The second-order valence-corrected chi connectivity index (χ2v) is 3.04. The molecule has 0 N–H and O–H groups in total. The van der Waals surface area contributed by atoms with Crippen molar-refractivity contribution in [1.82, 2.24) is 0 Å². The van der Waals surface area contributed by atoms with E-state index >= 15 is 0 Å². The van der Waals surface area contributed by atoms with Crippen molar-refractivity contribution in [3.05, 3.63) is 33.6 Å². The highest BCUT2D eigenvalue weighted by Gasteiger charge is 2.23. The number of alkyl halides is 2. The van der Waals surface area contributed by atoms with E-state index in [1.54, 1.807) is 0 Å². The van der Waals surface area contributed by atoms with Crippen LogP contribution in [0.4, 0.5) is 22.0 Å². The highest BCUT2D eigenvalue weighted by atomic mass is 79.9. The van der Waals surface area contributed by atoms with Crippen LogP contribution in [0.25, 0.3) is 0 Å². The first-order chi connectivity index (χ1) is 5.95. The minimum Gasteiger partial charge on any atom is -0.205 e. The molecule has 0 fully saturated rings. The minimum absolute atomic E-state index is 0.458. The number of rotatable bonds is 1. The summed E-state index contributed by atoms with van der Waals surface area (Å²) >= 11 is 2.51. The molecule has 0 radical (unpaired) electrons. The van der Waals surface area contributed by atoms with E-state index in [1.807, 2.05) is 0 Å². The van der Waals surface area contributed by atoms with Gasteiger partial charge in [-0.2, -0.15) is 0 Å². The molecule has 0 saturated carbocycles. The molecular formula is C7H2BrF5. The molecule has 0 atom stereocenters. The first-order valence-electron chi connectivity index (χ1n) is 3.06. The monoisotopic (exact) mass is 260 g/mol. The maximum absolute atomic E-state index is 12.6. The fourth-order valence-electron chi connectivity index (χ4n) is 0.780. The molecule has 0 aliphatic carbocycles. The largest absolute Gasteiger partial charge is 0.267 e. The zero-order valence-electron chi connectivity index (χ0n) is 5.92. The van der Waals surface area contributed by atoms with Crippen molar-refractivity contribution in [3.8, 4) is 0 Å². The first kappa shape index (κ1) is 10.4. The Morgan fingerprint density at radius 1 is 1.08 bits per heavy atom. The van der Waals surface area contributed by atoms with Crippen LogP contribution < -0.4 is 0 Å². The van der Waals surface area contributed by atoms with E-state index in [0.717, 1.165) is 0 Å². The van der Waals surface area contributed by atoms with E-state index < -0.39 is 33.9 Å². The summed E-state index contributed by atoms with van der Waals surface area (Å²) in [6.07, 6.45) is -3.19. The fraction of sp³-hybridized carbons (Fsp3) is 0.143. The lowest BCUT2D eigenvalue weighted by molar-refractivity contribution is 0.143. The van der Waals surface area contributed by atoms with Crippen molar-refractivity contribution in [2.45, 2.75) is 6.43 Å². The molecule has 0 unspecified atom stereocenters. The van der Waals surface area contributed by atoms with Gasteiger partial charge in [0.15, 0.2) is 17.5 Å². The van der Waals surface area contributed by atoms with Crippen LogP contribution in [0.15, 0.2) is 10.5 Å². The maximum Gasteiger partial charge on any atom is 0.267 e. The highest BCUT2D eigenvalue weighted by molar-refractivity contribution is 9.10. The zero-order chi connectivity index (χ0) is 10.2. The van der Waals surface area contributed by atoms with Gasteiger partial charge in [0.1, 0.15) is 0 Å². The van der Waals surface area contributed by atoms with Crippen LogP contribution in [-0.4, -0.2) is 0 Å². The topological polar surface area (TPSA) is 0 Å². The van der Waals surface area contributed by atoms with Crippen LogP contribution in [0.2, 0.25) is 0 Å². The standard InChI is InChI=1S/C7H2BrF5/c8-2-1-3(9)5(10)6(11)4(2)7(12)13/h1,7H. The third-order valence-electron chi connectivity index (χ3n) is 1.37. The van der Waals surface area contributed by atoms with E-state index in [1.165, 1.54) is 0 Å². The summed E-state index contributed by atoms with van der Waals surface area (Å²) in [6.45, 7) is 0. The third-order valence-corrected chi connectivity index (χ3v) is 2.02. The van der Waals surface area contributed by atoms with Gasteiger partial charge in [-0.05, 0) is 6.07 Å². The Morgan fingerprint density at radius 3 is 2.08 bits per heavy atom. The quantitative estimate of drug-likeness (QED) is 0.409. The van der Waals surface area contributed by atoms with Crippen molar-refractivity contribution in [1.29, 1.82) is 0 Å². The van der Waals surface area contributed by atoms with Crippen molar-refractivity contribution >= 4 is 15.9 Å². The van der Waals surface area contributed by atoms with Gasteiger partial charge in [-0.15, -0.1) is 0 Å². The SMILES string of the molecule is Fc1cc(Br)c(C(F)F)c(F)c1F. The maximum atomic E-state index is 12.6. The molecule has 1 aromatic rings. The van der Waals surface area contributed by atoms with Crippen LogP contribution in [0.5, 0.6) is 0 Å². The van der Waals surface area contributed by atoms with E-state index in [4.69, 9.17) is 0 Å². The van der Waals surface area contributed by atoms with E-state index in [0.29, 0.717) is 6.07 Å². The summed E-state index contributed by atoms with van der Waals surface area (Å²) in [5, 5.41) is 0. The van der Waals surface area contributed by atoms with Crippen molar-refractivity contribution in [3.63, 3.8) is 0 Å². The number of benzene rings is 1. The van der Waals surface area contributed by atoms with Gasteiger partial charge in [-0.25, -0.2) is 22.0 Å². The van der Waals surface area contributed by atoms with Gasteiger partial charge in [0.25, 0.3) is 6.43 Å². The van der Waals surface area contributed by atoms with E-state index in [9.17, 15) is 22.0 Å². The van der Waals surface area contributed by atoms with Crippen molar-refractivity contribution < 1.29 is 22.0 Å². The lowest BCUT2D eigenvalue weighted by Gasteiger charge is -2.05. The average molecular weight is 261 g/mol. The molecule has 0 aliphatic rings. The molecule has 1 rings (SSSR count). The Morgan fingerprint density at radius 2 is 1.62 bits per heavy atom. The predicted octanol–water partition coefficient (Wildman–Crippen LogP) is 3.80. The summed E-state index contributed by atoms with van der Waals surface area (Å²) in [6, 6.07) is 0.458. The van der Waals surface area contributed by atoms with Crippen LogP contribution >= 0.6 is 15.9 Å². The van der Waals surface area contributed by atoms with Gasteiger partial charge in [0.05, 0.1) is 5.56 Å². The van der Waals surface area contributed by atoms with Crippen molar-refractivity contribution in [2.24, 2.45) is 0 Å². The van der Waals surface area contributed by atoms with Crippen LogP contribution in [0.3, 0.4) is 0 Å². The van der Waals surface area contributed by atoms with Gasteiger partial charge in [-0.1, -0.05) is 15.9 Å². The first-order valence-corrected chi connectivity index (χ1v) is 3.85. The predicted molar refractivity (Wildman–Crippen MR) is 39.0 cm³/mol. The molecule has 6 heteroatoms. The van der Waals surface area contributed by atoms with Crippen LogP contribution in [0, 0.1) is 17.5 Å². The summed E-state index contributed by atoms with van der Waals surface area (Å²) < 4.78 is 61.1. The molecular weight excluding hydrogens is 259 g/mol. The van der Waals surface area contributed by atoms with Crippen molar-refractivity contribution in [2.75, 3.05) is 0 Å². The van der Waals surface area contributed by atoms with Gasteiger partial charge >= 0.3 is 0 Å². The fourth-order valence-corrected chi connectivity index (χ4v) is 1.33. The third kappa shape index (κ3) is 1.82. The molecule has 0 amide bonds. The minimum atomic E-state index is -3.19. The lowest BCUT2D eigenvalue weighted by atomic mass is 10.2. The van der Waals surface area contributed by atoms with Gasteiger partial charge in [0.2, 0.25) is 0 Å². The summed E-state index contributed by atoms with van der Waals surface area (Å²) in [7, 11) is 0. The molecule has 0 heterocycles. The Labute approximate surface area is 78.5 Å². The molecule has 0 aliphatic heterocycles.